The van der Waals surface area contributed by atoms with E-state index in [9.17, 15) is 14.7 Å². The van der Waals surface area contributed by atoms with Crippen LogP contribution in [0.4, 0.5) is 4.79 Å². The van der Waals surface area contributed by atoms with E-state index in [1.165, 1.54) is 0 Å². The first-order valence-corrected chi connectivity index (χ1v) is 7.71. The molecule has 1 aliphatic rings. The van der Waals surface area contributed by atoms with Crippen LogP contribution in [-0.2, 0) is 13.0 Å². The van der Waals surface area contributed by atoms with Crippen LogP contribution in [0.5, 0.6) is 5.75 Å². The van der Waals surface area contributed by atoms with E-state index in [0.29, 0.717) is 38.3 Å². The first kappa shape index (κ1) is 17.6. The zero-order chi connectivity index (χ0) is 17.7. The quantitative estimate of drug-likeness (QED) is 0.814. The van der Waals surface area contributed by atoms with Crippen LogP contribution in [0.3, 0.4) is 0 Å². The van der Waals surface area contributed by atoms with Crippen LogP contribution >= 0.6 is 0 Å². The van der Waals surface area contributed by atoms with Gasteiger partial charge < -0.3 is 19.6 Å². The van der Waals surface area contributed by atoms with Crippen molar-refractivity contribution in [1.29, 1.82) is 0 Å². The third-order valence-corrected chi connectivity index (χ3v) is 4.06. The van der Waals surface area contributed by atoms with Crippen molar-refractivity contribution in [2.45, 2.75) is 13.0 Å². The maximum Gasteiger partial charge on any atom is 0.335 e. The Kier molecular flexibility index (Phi) is 5.63. The van der Waals surface area contributed by atoms with Crippen molar-refractivity contribution in [3.05, 3.63) is 54.1 Å². The first-order chi connectivity index (χ1) is 11.5. The minimum atomic E-state index is -0.964. The summed E-state index contributed by atoms with van der Waals surface area (Å²) in [5.74, 6) is -0.361. The molecule has 2 rings (SSSR count). The number of methoxy groups -OCH3 is 1. The molecule has 1 aromatic carbocycles. The molecule has 0 radical (unpaired) electrons. The van der Waals surface area contributed by atoms with Crippen LogP contribution in [0.1, 0.15) is 21.5 Å². The minimum Gasteiger partial charge on any atom is -0.496 e. The normalized spacial score (nSPS) is 13.0. The van der Waals surface area contributed by atoms with Crippen LogP contribution < -0.4 is 4.74 Å². The molecule has 0 bridgehead atoms. The summed E-state index contributed by atoms with van der Waals surface area (Å²) in [5, 5.41) is 9.36. The highest BCUT2D eigenvalue weighted by atomic mass is 16.5. The van der Waals surface area contributed by atoms with E-state index in [1.54, 1.807) is 41.2 Å². The lowest BCUT2D eigenvalue weighted by atomic mass is 9.93. The van der Waals surface area contributed by atoms with Gasteiger partial charge >= 0.3 is 12.0 Å². The molecule has 0 aromatic heterocycles. The molecule has 1 aromatic rings. The Morgan fingerprint density at radius 3 is 2.50 bits per heavy atom. The fraction of sp³-hybridized carbons (Fsp3) is 0.333. The first-order valence-electron chi connectivity index (χ1n) is 7.71. The lowest BCUT2D eigenvalue weighted by Gasteiger charge is -2.34. The Bertz CT molecular complexity index is 659. The zero-order valence-electron chi connectivity index (χ0n) is 13.8. The van der Waals surface area contributed by atoms with Gasteiger partial charge in [0.1, 0.15) is 5.75 Å². The topological polar surface area (TPSA) is 70.1 Å². The van der Waals surface area contributed by atoms with Gasteiger partial charge in [0.2, 0.25) is 0 Å². The highest BCUT2D eigenvalue weighted by Gasteiger charge is 2.28. The van der Waals surface area contributed by atoms with Gasteiger partial charge in [-0.05, 0) is 24.1 Å². The molecule has 24 heavy (non-hydrogen) atoms. The number of carbonyl (C=O) groups is 2. The highest BCUT2D eigenvalue weighted by molar-refractivity contribution is 5.90. The van der Waals surface area contributed by atoms with E-state index in [1.807, 2.05) is 0 Å². The molecule has 0 atom stereocenters. The fourth-order valence-corrected chi connectivity index (χ4v) is 2.94. The zero-order valence-corrected chi connectivity index (χ0v) is 13.8. The molecule has 0 unspecified atom stereocenters. The maximum absolute atomic E-state index is 12.7. The molecule has 0 aliphatic carbocycles. The Balaban J connectivity index is 2.32. The predicted octanol–water partition coefficient (Wildman–Crippen LogP) is 2.55. The molecule has 1 heterocycles. The van der Waals surface area contributed by atoms with E-state index < -0.39 is 5.97 Å². The maximum atomic E-state index is 12.7. The van der Waals surface area contributed by atoms with E-state index in [2.05, 4.69) is 13.2 Å². The summed E-state index contributed by atoms with van der Waals surface area (Å²) < 4.78 is 5.35. The number of nitrogens with zero attached hydrogens (tertiary/aromatic N) is 2. The van der Waals surface area contributed by atoms with Gasteiger partial charge in [0.15, 0.2) is 0 Å². The molecule has 0 fully saturated rings. The third kappa shape index (κ3) is 3.42. The smallest absolute Gasteiger partial charge is 0.335 e. The van der Waals surface area contributed by atoms with Crippen molar-refractivity contribution in [3.8, 4) is 5.75 Å². The molecule has 0 saturated carbocycles. The Morgan fingerprint density at radius 2 is 1.96 bits per heavy atom. The summed E-state index contributed by atoms with van der Waals surface area (Å²) in [7, 11) is 1.54. The second kappa shape index (κ2) is 7.68. The molecule has 0 saturated heterocycles. The van der Waals surface area contributed by atoms with Gasteiger partial charge in [0.05, 0.1) is 19.2 Å². The van der Waals surface area contributed by atoms with Crippen LogP contribution in [0.2, 0.25) is 0 Å². The number of benzene rings is 1. The number of carbonyl (C=O) groups excluding carboxylic acids is 1. The molecule has 1 aliphatic heterocycles. The molecular weight excluding hydrogens is 308 g/mol. The highest BCUT2D eigenvalue weighted by Crippen LogP contribution is 2.31. The average molecular weight is 330 g/mol. The van der Waals surface area contributed by atoms with E-state index in [-0.39, 0.29) is 11.6 Å². The number of hydrogen-bond acceptors (Lipinski definition) is 3. The van der Waals surface area contributed by atoms with E-state index in [4.69, 9.17) is 4.74 Å². The molecule has 6 nitrogen and oxygen atoms in total. The summed E-state index contributed by atoms with van der Waals surface area (Å²) in [6.45, 7) is 8.99. The van der Waals surface area contributed by atoms with Crippen LogP contribution in [0.15, 0.2) is 37.4 Å². The second-order valence-corrected chi connectivity index (χ2v) is 5.51. The molecule has 2 amide bonds. The predicted molar refractivity (Wildman–Crippen MR) is 91.4 cm³/mol. The second-order valence-electron chi connectivity index (χ2n) is 5.51. The molecule has 0 spiro atoms. The van der Waals surface area contributed by atoms with Gasteiger partial charge in [-0.2, -0.15) is 0 Å². The fourth-order valence-electron chi connectivity index (χ4n) is 2.94. The number of amides is 2. The number of carboxylic acid groups (broad SMARTS) is 1. The van der Waals surface area contributed by atoms with Crippen molar-refractivity contribution in [3.63, 3.8) is 0 Å². The monoisotopic (exact) mass is 330 g/mol. The number of carboxylic acids is 1. The lowest BCUT2D eigenvalue weighted by Crippen LogP contribution is -2.45. The van der Waals surface area contributed by atoms with Gasteiger partial charge in [0.25, 0.3) is 0 Å². The van der Waals surface area contributed by atoms with E-state index in [0.717, 1.165) is 11.1 Å². The van der Waals surface area contributed by atoms with Crippen molar-refractivity contribution in [2.24, 2.45) is 0 Å². The van der Waals surface area contributed by atoms with Gasteiger partial charge in [0, 0.05) is 25.2 Å². The Hall–Kier alpha value is -2.76. The number of aromatic carboxylic acids is 1. The van der Waals surface area contributed by atoms with Gasteiger partial charge in [-0.15, -0.1) is 13.2 Å². The summed E-state index contributed by atoms with van der Waals surface area (Å²) in [5.41, 5.74) is 1.77. The van der Waals surface area contributed by atoms with Crippen molar-refractivity contribution >= 4 is 12.0 Å². The van der Waals surface area contributed by atoms with Gasteiger partial charge in [-0.3, -0.25) is 0 Å². The summed E-state index contributed by atoms with van der Waals surface area (Å²) in [4.78, 5) is 27.5. The average Bonchev–Trinajstić information content (AvgIpc) is 2.59. The lowest BCUT2D eigenvalue weighted by molar-refractivity contribution is 0.0695. The van der Waals surface area contributed by atoms with Crippen molar-refractivity contribution in [1.82, 2.24) is 9.80 Å². The number of ether oxygens (including phenoxy) is 1. The van der Waals surface area contributed by atoms with E-state index >= 15 is 0 Å². The van der Waals surface area contributed by atoms with Gasteiger partial charge in [-0.25, -0.2) is 9.59 Å². The molecule has 128 valence electrons. The minimum absolute atomic E-state index is 0.122. The van der Waals surface area contributed by atoms with Gasteiger partial charge in [-0.1, -0.05) is 12.2 Å². The van der Waals surface area contributed by atoms with Crippen LogP contribution in [0, 0.1) is 0 Å². The molecular formula is C18H22N2O4. The molecule has 6 heteroatoms. The Labute approximate surface area is 141 Å². The Morgan fingerprint density at radius 1 is 1.29 bits per heavy atom. The third-order valence-electron chi connectivity index (χ3n) is 4.06. The van der Waals surface area contributed by atoms with Crippen molar-refractivity contribution < 1.29 is 19.4 Å². The summed E-state index contributed by atoms with van der Waals surface area (Å²) >= 11 is 0. The number of hydrogen-bond donors (Lipinski definition) is 1. The number of rotatable bonds is 6. The summed E-state index contributed by atoms with van der Waals surface area (Å²) in [6, 6.07) is 3.07. The van der Waals surface area contributed by atoms with Crippen molar-refractivity contribution in [2.75, 3.05) is 26.7 Å². The van der Waals surface area contributed by atoms with Crippen LogP contribution in [0.25, 0.3) is 0 Å². The SMILES string of the molecule is C=CCN(CC=C)C(=O)N1CCc2c(C(=O)O)ccc(OC)c2C1. The largest absolute Gasteiger partial charge is 0.496 e. The summed E-state index contributed by atoms with van der Waals surface area (Å²) in [6.07, 6.45) is 3.82. The number of fused-ring (bicyclic) bond motifs is 1. The standard InChI is InChI=1S/C18H22N2O4/c1-4-9-19(10-5-2)18(23)20-11-8-13-14(17(21)22)6-7-16(24-3)15(13)12-20/h4-7H,1-2,8-12H2,3H3,(H,21,22). The van der Waals surface area contributed by atoms with Crippen LogP contribution in [-0.4, -0.2) is 53.7 Å². The number of urea groups is 1. The molecule has 1 N–H and O–H groups in total.